The highest BCUT2D eigenvalue weighted by molar-refractivity contribution is 7.99. The molecule has 1 aromatic carbocycles. The molecule has 0 radical (unpaired) electrons. The number of amides is 2. The average Bonchev–Trinajstić information content (AvgIpc) is 3.01. The second kappa shape index (κ2) is 8.61. The molecule has 2 amide bonds. The van der Waals surface area contributed by atoms with Crippen LogP contribution in [-0.4, -0.2) is 41.0 Å². The maximum absolute atomic E-state index is 12.3. The maximum Gasteiger partial charge on any atom is 0.227 e. The third kappa shape index (κ3) is 4.91. The van der Waals surface area contributed by atoms with E-state index >= 15 is 0 Å². The quantitative estimate of drug-likeness (QED) is 0.764. The third-order valence-corrected chi connectivity index (χ3v) is 6.33. The zero-order chi connectivity index (χ0) is 17.6. The van der Waals surface area contributed by atoms with Crippen molar-refractivity contribution in [2.24, 2.45) is 5.92 Å². The highest BCUT2D eigenvalue weighted by Crippen LogP contribution is 2.29. The van der Waals surface area contributed by atoms with Gasteiger partial charge in [0.1, 0.15) is 5.75 Å². The molecule has 2 aliphatic rings. The lowest BCUT2D eigenvalue weighted by Crippen LogP contribution is -2.34. The molecule has 1 aliphatic carbocycles. The number of aromatic hydroxyl groups is 1. The normalized spacial score (nSPS) is 21.5. The summed E-state index contributed by atoms with van der Waals surface area (Å²) in [7, 11) is 0. The summed E-state index contributed by atoms with van der Waals surface area (Å²) in [5.41, 5.74) is 0.646. The van der Waals surface area contributed by atoms with E-state index in [1.807, 2.05) is 11.8 Å². The number of rotatable bonds is 6. The lowest BCUT2D eigenvalue weighted by Gasteiger charge is -2.21. The standard InChI is InChI=1S/C19H26N2O3S/c22-16-6-4-5-15(12-16)21-13-14(11-18(21)23)19(24)20-9-10-25-17-7-2-1-3-8-17/h4-6,12,14,17,22H,1-3,7-11,13H2,(H,20,24)/t14-/m0/s1. The van der Waals surface area contributed by atoms with E-state index in [-0.39, 0.29) is 29.9 Å². The van der Waals surface area contributed by atoms with Crippen LogP contribution in [0.1, 0.15) is 38.5 Å². The van der Waals surface area contributed by atoms with E-state index in [1.54, 1.807) is 29.2 Å². The molecule has 0 bridgehead atoms. The fraction of sp³-hybridized carbons (Fsp3) is 0.579. The number of carbonyl (C=O) groups is 2. The third-order valence-electron chi connectivity index (χ3n) is 4.94. The number of benzene rings is 1. The van der Waals surface area contributed by atoms with E-state index in [1.165, 1.54) is 32.1 Å². The highest BCUT2D eigenvalue weighted by atomic mass is 32.2. The SMILES string of the molecule is O=C(NCCSC1CCCCC1)[C@H]1CC(=O)N(c2cccc(O)c2)C1. The van der Waals surface area contributed by atoms with Gasteiger partial charge in [-0.3, -0.25) is 9.59 Å². The van der Waals surface area contributed by atoms with Gasteiger partial charge in [0.15, 0.2) is 0 Å². The summed E-state index contributed by atoms with van der Waals surface area (Å²) in [6.07, 6.45) is 6.86. The Bertz CT molecular complexity index is 616. The number of hydrogen-bond donors (Lipinski definition) is 2. The van der Waals surface area contributed by atoms with Crippen LogP contribution < -0.4 is 10.2 Å². The van der Waals surface area contributed by atoms with Crippen LogP contribution in [0.2, 0.25) is 0 Å². The Labute approximate surface area is 153 Å². The van der Waals surface area contributed by atoms with Crippen LogP contribution in [0.5, 0.6) is 5.75 Å². The van der Waals surface area contributed by atoms with Crippen LogP contribution >= 0.6 is 11.8 Å². The van der Waals surface area contributed by atoms with Gasteiger partial charge >= 0.3 is 0 Å². The van der Waals surface area contributed by atoms with Crippen LogP contribution in [0.3, 0.4) is 0 Å². The molecule has 1 atom stereocenters. The van der Waals surface area contributed by atoms with Gasteiger partial charge in [0.25, 0.3) is 0 Å². The largest absolute Gasteiger partial charge is 0.508 e. The maximum atomic E-state index is 12.3. The van der Waals surface area contributed by atoms with Gasteiger partial charge in [-0.05, 0) is 25.0 Å². The van der Waals surface area contributed by atoms with Crippen molar-refractivity contribution in [3.63, 3.8) is 0 Å². The first-order valence-corrected chi connectivity index (χ1v) is 10.2. The van der Waals surface area contributed by atoms with Crippen molar-refractivity contribution in [3.05, 3.63) is 24.3 Å². The minimum absolute atomic E-state index is 0.0414. The molecular weight excluding hydrogens is 336 g/mol. The zero-order valence-corrected chi connectivity index (χ0v) is 15.3. The summed E-state index contributed by atoms with van der Waals surface area (Å²) in [4.78, 5) is 26.1. The van der Waals surface area contributed by atoms with Crippen molar-refractivity contribution in [3.8, 4) is 5.75 Å². The lowest BCUT2D eigenvalue weighted by molar-refractivity contribution is -0.126. The van der Waals surface area contributed by atoms with Gasteiger partial charge in [0.05, 0.1) is 5.92 Å². The molecule has 136 valence electrons. The summed E-state index contributed by atoms with van der Waals surface area (Å²) in [5, 5.41) is 13.3. The minimum Gasteiger partial charge on any atom is -0.508 e. The van der Waals surface area contributed by atoms with Crippen molar-refractivity contribution in [2.75, 3.05) is 23.7 Å². The van der Waals surface area contributed by atoms with Gasteiger partial charge in [-0.25, -0.2) is 0 Å². The number of hydrogen-bond acceptors (Lipinski definition) is 4. The first-order valence-electron chi connectivity index (χ1n) is 9.12. The molecule has 2 fully saturated rings. The summed E-state index contributed by atoms with van der Waals surface area (Å²) in [6, 6.07) is 6.60. The molecule has 1 saturated heterocycles. The molecule has 1 aromatic rings. The highest BCUT2D eigenvalue weighted by Gasteiger charge is 2.35. The summed E-state index contributed by atoms with van der Waals surface area (Å²) >= 11 is 1.96. The zero-order valence-electron chi connectivity index (χ0n) is 14.4. The van der Waals surface area contributed by atoms with Crippen molar-refractivity contribution in [2.45, 2.75) is 43.8 Å². The van der Waals surface area contributed by atoms with Crippen LogP contribution in [0.15, 0.2) is 24.3 Å². The summed E-state index contributed by atoms with van der Waals surface area (Å²) in [5.74, 6) is 0.642. The van der Waals surface area contributed by atoms with E-state index in [9.17, 15) is 14.7 Å². The van der Waals surface area contributed by atoms with Crippen molar-refractivity contribution < 1.29 is 14.7 Å². The molecule has 0 spiro atoms. The van der Waals surface area contributed by atoms with E-state index in [0.717, 1.165) is 11.0 Å². The summed E-state index contributed by atoms with van der Waals surface area (Å²) in [6.45, 7) is 1.04. The molecule has 6 heteroatoms. The van der Waals surface area contributed by atoms with E-state index in [2.05, 4.69) is 5.32 Å². The van der Waals surface area contributed by atoms with Gasteiger partial charge < -0.3 is 15.3 Å². The topological polar surface area (TPSA) is 69.6 Å². The monoisotopic (exact) mass is 362 g/mol. The second-order valence-electron chi connectivity index (χ2n) is 6.85. The van der Waals surface area contributed by atoms with Crippen molar-refractivity contribution in [1.29, 1.82) is 0 Å². The number of anilines is 1. The van der Waals surface area contributed by atoms with Crippen LogP contribution in [0.25, 0.3) is 0 Å². The molecule has 2 N–H and O–H groups in total. The molecule has 1 aliphatic heterocycles. The van der Waals surface area contributed by atoms with Gasteiger partial charge in [0, 0.05) is 42.3 Å². The molecule has 1 saturated carbocycles. The Kier molecular flexibility index (Phi) is 6.24. The Morgan fingerprint density at radius 2 is 2.08 bits per heavy atom. The fourth-order valence-corrected chi connectivity index (χ4v) is 4.79. The number of phenolic OH excluding ortho intramolecular Hbond substituents is 1. The van der Waals surface area contributed by atoms with Gasteiger partial charge in [0.2, 0.25) is 11.8 Å². The molecule has 1 heterocycles. The number of phenols is 1. The van der Waals surface area contributed by atoms with Crippen LogP contribution in [-0.2, 0) is 9.59 Å². The van der Waals surface area contributed by atoms with Gasteiger partial charge in [-0.15, -0.1) is 0 Å². The summed E-state index contributed by atoms with van der Waals surface area (Å²) < 4.78 is 0. The molecular formula is C19H26N2O3S. The molecule has 0 aromatic heterocycles. The van der Waals surface area contributed by atoms with E-state index in [0.29, 0.717) is 18.8 Å². The Morgan fingerprint density at radius 3 is 2.84 bits per heavy atom. The smallest absolute Gasteiger partial charge is 0.227 e. The molecule has 3 rings (SSSR count). The van der Waals surface area contributed by atoms with Crippen molar-refractivity contribution >= 4 is 29.3 Å². The molecule has 5 nitrogen and oxygen atoms in total. The first-order chi connectivity index (χ1) is 12.1. The minimum atomic E-state index is -0.311. The van der Waals surface area contributed by atoms with Crippen LogP contribution in [0, 0.1) is 5.92 Å². The number of thioether (sulfide) groups is 1. The predicted molar refractivity (Wildman–Crippen MR) is 101 cm³/mol. The second-order valence-corrected chi connectivity index (χ2v) is 8.26. The lowest BCUT2D eigenvalue weighted by atomic mass is 10.0. The van der Waals surface area contributed by atoms with Crippen molar-refractivity contribution in [1.82, 2.24) is 5.32 Å². The Hall–Kier alpha value is -1.69. The van der Waals surface area contributed by atoms with E-state index in [4.69, 9.17) is 0 Å². The number of nitrogens with zero attached hydrogens (tertiary/aromatic N) is 1. The first kappa shape index (κ1) is 18.1. The number of carbonyl (C=O) groups excluding carboxylic acids is 2. The molecule has 0 unspecified atom stereocenters. The fourth-order valence-electron chi connectivity index (χ4n) is 3.57. The average molecular weight is 362 g/mol. The Morgan fingerprint density at radius 1 is 1.28 bits per heavy atom. The van der Waals surface area contributed by atoms with E-state index < -0.39 is 0 Å². The number of nitrogens with one attached hydrogen (secondary N) is 1. The Balaban J connectivity index is 1.43. The molecule has 25 heavy (non-hydrogen) atoms. The predicted octanol–water partition coefficient (Wildman–Crippen LogP) is 2.93. The van der Waals surface area contributed by atoms with Crippen LogP contribution in [0.4, 0.5) is 5.69 Å². The van der Waals surface area contributed by atoms with Gasteiger partial charge in [-0.2, -0.15) is 11.8 Å². The van der Waals surface area contributed by atoms with Gasteiger partial charge in [-0.1, -0.05) is 25.3 Å².